The van der Waals surface area contributed by atoms with Crippen molar-refractivity contribution in [2.45, 2.75) is 13.3 Å². The Kier molecular flexibility index (Phi) is 3.53. The Hall–Kier alpha value is -3.48. The number of carbonyl (C=O) groups is 1. The van der Waals surface area contributed by atoms with Crippen molar-refractivity contribution < 1.29 is 9.90 Å². The molecule has 0 radical (unpaired) electrons. The highest BCUT2D eigenvalue weighted by Gasteiger charge is 2.14. The maximum absolute atomic E-state index is 11.2. The third-order valence-electron chi connectivity index (χ3n) is 3.99. The minimum absolute atomic E-state index is 0.206. The third-order valence-corrected chi connectivity index (χ3v) is 3.99. The number of aromatic carboxylic acids is 1. The Morgan fingerprint density at radius 2 is 2.00 bits per heavy atom. The van der Waals surface area contributed by atoms with Crippen molar-refractivity contribution >= 4 is 34.2 Å². The molecule has 0 spiro atoms. The van der Waals surface area contributed by atoms with Gasteiger partial charge in [-0.05, 0) is 30.3 Å². The molecule has 7 nitrogen and oxygen atoms in total. The topological polar surface area (TPSA) is 92.4 Å². The zero-order valence-electron chi connectivity index (χ0n) is 13.5. The van der Waals surface area contributed by atoms with Crippen LogP contribution in [0.15, 0.2) is 48.5 Å². The summed E-state index contributed by atoms with van der Waals surface area (Å²) in [6, 6.07) is 14.4. The molecule has 0 aliphatic carbocycles. The molecule has 0 fully saturated rings. The van der Waals surface area contributed by atoms with Gasteiger partial charge in [0.25, 0.3) is 0 Å². The molecule has 4 aromatic rings. The van der Waals surface area contributed by atoms with E-state index >= 15 is 0 Å². The number of fused-ring (bicyclic) bond motifs is 3. The van der Waals surface area contributed by atoms with E-state index in [1.807, 2.05) is 35.6 Å². The second kappa shape index (κ2) is 5.86. The van der Waals surface area contributed by atoms with Gasteiger partial charge in [0.05, 0.1) is 16.6 Å². The van der Waals surface area contributed by atoms with Gasteiger partial charge in [0, 0.05) is 12.1 Å². The van der Waals surface area contributed by atoms with Crippen LogP contribution in [0, 0.1) is 0 Å². The molecule has 0 aliphatic rings. The lowest BCUT2D eigenvalue weighted by Crippen LogP contribution is -2.03. The summed E-state index contributed by atoms with van der Waals surface area (Å²) in [7, 11) is 0. The fourth-order valence-corrected chi connectivity index (χ4v) is 2.82. The van der Waals surface area contributed by atoms with Crippen LogP contribution in [-0.2, 0) is 6.42 Å². The van der Waals surface area contributed by atoms with Crippen LogP contribution in [0.1, 0.15) is 23.1 Å². The highest BCUT2D eigenvalue weighted by atomic mass is 16.4. The van der Waals surface area contributed by atoms with Gasteiger partial charge in [-0.15, -0.1) is 10.2 Å². The molecule has 2 N–H and O–H groups in total. The molecule has 124 valence electrons. The first-order chi connectivity index (χ1) is 12.2. The summed E-state index contributed by atoms with van der Waals surface area (Å²) in [5, 5.41) is 20.8. The summed E-state index contributed by atoms with van der Waals surface area (Å²) in [5.74, 6) is 0.403. The minimum Gasteiger partial charge on any atom is -0.478 e. The highest BCUT2D eigenvalue weighted by molar-refractivity contribution is 5.90. The Bertz CT molecular complexity index is 1100. The Morgan fingerprint density at radius 3 is 2.80 bits per heavy atom. The molecule has 0 amide bonds. The van der Waals surface area contributed by atoms with Crippen molar-refractivity contribution in [3.05, 3.63) is 59.9 Å². The van der Waals surface area contributed by atoms with E-state index in [9.17, 15) is 4.79 Å². The molecule has 0 saturated heterocycles. The van der Waals surface area contributed by atoms with Crippen LogP contribution in [0.5, 0.6) is 0 Å². The second-order valence-corrected chi connectivity index (χ2v) is 5.59. The fourth-order valence-electron chi connectivity index (χ4n) is 2.82. The average Bonchev–Trinajstić information content (AvgIpc) is 3.07. The van der Waals surface area contributed by atoms with Gasteiger partial charge in [-0.2, -0.15) is 0 Å². The van der Waals surface area contributed by atoms with Crippen LogP contribution in [0.4, 0.5) is 11.5 Å². The summed E-state index contributed by atoms with van der Waals surface area (Å²) in [5.41, 5.74) is 3.19. The van der Waals surface area contributed by atoms with Gasteiger partial charge in [0.1, 0.15) is 5.82 Å². The molecule has 0 bridgehead atoms. The molecule has 0 unspecified atom stereocenters. The van der Waals surface area contributed by atoms with Crippen molar-refractivity contribution in [3.63, 3.8) is 0 Å². The number of para-hydroxylation sites is 2. The summed E-state index contributed by atoms with van der Waals surface area (Å²) in [4.78, 5) is 15.8. The van der Waals surface area contributed by atoms with E-state index in [1.54, 1.807) is 24.3 Å². The number of anilines is 2. The molecule has 0 aliphatic heterocycles. The maximum atomic E-state index is 11.2. The number of rotatable bonds is 4. The molecular formula is C18H15N5O2. The lowest BCUT2D eigenvalue weighted by Gasteiger charge is -2.10. The Labute approximate surface area is 143 Å². The Balaban J connectivity index is 1.90. The lowest BCUT2D eigenvalue weighted by atomic mass is 10.2. The van der Waals surface area contributed by atoms with E-state index in [1.165, 1.54) is 0 Å². The third kappa shape index (κ3) is 2.55. The standard InChI is InChI=1S/C18H15N5O2/c1-2-15-21-22-17-16(19-12-7-5-6-11(10-12)18(24)25)20-13-8-3-4-9-14(13)23(15)17/h3-10H,2H2,1H3,(H,19,20)(H,24,25). The molecule has 7 heteroatoms. The second-order valence-electron chi connectivity index (χ2n) is 5.59. The van der Waals surface area contributed by atoms with Crippen molar-refractivity contribution in [1.29, 1.82) is 0 Å². The summed E-state index contributed by atoms with van der Waals surface area (Å²) in [6.45, 7) is 2.02. The number of nitrogens with zero attached hydrogens (tertiary/aromatic N) is 4. The zero-order chi connectivity index (χ0) is 17.4. The van der Waals surface area contributed by atoms with E-state index in [0.717, 1.165) is 23.3 Å². The van der Waals surface area contributed by atoms with Crippen molar-refractivity contribution in [2.24, 2.45) is 0 Å². The largest absolute Gasteiger partial charge is 0.478 e. The molecule has 4 rings (SSSR count). The smallest absolute Gasteiger partial charge is 0.335 e. The number of aromatic nitrogens is 4. The average molecular weight is 333 g/mol. The minimum atomic E-state index is -0.976. The SMILES string of the molecule is CCc1nnc2c(Nc3cccc(C(=O)O)c3)nc3ccccc3n12. The van der Waals surface area contributed by atoms with Crippen LogP contribution in [0.2, 0.25) is 0 Å². The van der Waals surface area contributed by atoms with Crippen LogP contribution in [0.3, 0.4) is 0 Å². The molecule has 2 aromatic carbocycles. The number of carboxylic acids is 1. The van der Waals surface area contributed by atoms with Crippen molar-refractivity contribution in [3.8, 4) is 0 Å². The quantitative estimate of drug-likeness (QED) is 0.595. The van der Waals surface area contributed by atoms with E-state index in [-0.39, 0.29) is 5.56 Å². The lowest BCUT2D eigenvalue weighted by molar-refractivity contribution is 0.0697. The van der Waals surface area contributed by atoms with E-state index in [0.29, 0.717) is 17.2 Å². The zero-order valence-corrected chi connectivity index (χ0v) is 13.5. The molecule has 25 heavy (non-hydrogen) atoms. The summed E-state index contributed by atoms with van der Waals surface area (Å²) in [6.07, 6.45) is 0.739. The summed E-state index contributed by atoms with van der Waals surface area (Å²) < 4.78 is 1.98. The number of hydrogen-bond acceptors (Lipinski definition) is 5. The van der Waals surface area contributed by atoms with Gasteiger partial charge in [-0.1, -0.05) is 25.1 Å². The monoisotopic (exact) mass is 333 g/mol. The van der Waals surface area contributed by atoms with Gasteiger partial charge in [-0.3, -0.25) is 4.40 Å². The highest BCUT2D eigenvalue weighted by Crippen LogP contribution is 2.25. The first-order valence-corrected chi connectivity index (χ1v) is 7.90. The van der Waals surface area contributed by atoms with Crippen molar-refractivity contribution in [2.75, 3.05) is 5.32 Å². The van der Waals surface area contributed by atoms with Gasteiger partial charge >= 0.3 is 5.97 Å². The molecule has 2 heterocycles. The Morgan fingerprint density at radius 1 is 1.16 bits per heavy atom. The van der Waals surface area contributed by atoms with Crippen LogP contribution < -0.4 is 5.32 Å². The number of hydrogen-bond donors (Lipinski definition) is 2. The first-order valence-electron chi connectivity index (χ1n) is 7.90. The van der Waals surface area contributed by atoms with E-state index in [2.05, 4.69) is 20.5 Å². The number of nitrogens with one attached hydrogen (secondary N) is 1. The van der Waals surface area contributed by atoms with Gasteiger partial charge in [0.15, 0.2) is 5.82 Å². The summed E-state index contributed by atoms with van der Waals surface area (Å²) >= 11 is 0. The molecular weight excluding hydrogens is 318 g/mol. The van der Waals surface area contributed by atoms with Crippen molar-refractivity contribution in [1.82, 2.24) is 19.6 Å². The van der Waals surface area contributed by atoms with Gasteiger partial charge < -0.3 is 10.4 Å². The number of carboxylic acid groups (broad SMARTS) is 1. The molecule has 2 aromatic heterocycles. The number of benzene rings is 2. The number of aryl methyl sites for hydroxylation is 1. The van der Waals surface area contributed by atoms with E-state index in [4.69, 9.17) is 5.11 Å². The van der Waals surface area contributed by atoms with Crippen LogP contribution >= 0.6 is 0 Å². The van der Waals surface area contributed by atoms with Crippen LogP contribution in [-0.4, -0.2) is 30.7 Å². The first kappa shape index (κ1) is 15.1. The predicted octanol–water partition coefficient (Wildman–Crippen LogP) is 3.28. The normalized spacial score (nSPS) is 11.1. The predicted molar refractivity (Wildman–Crippen MR) is 94.4 cm³/mol. The van der Waals surface area contributed by atoms with Gasteiger partial charge in [-0.25, -0.2) is 9.78 Å². The molecule has 0 saturated carbocycles. The van der Waals surface area contributed by atoms with Gasteiger partial charge in [0.2, 0.25) is 5.65 Å². The van der Waals surface area contributed by atoms with E-state index < -0.39 is 5.97 Å². The maximum Gasteiger partial charge on any atom is 0.335 e. The molecule has 0 atom stereocenters. The fraction of sp³-hybridized carbons (Fsp3) is 0.111. The van der Waals surface area contributed by atoms with Crippen LogP contribution in [0.25, 0.3) is 16.7 Å².